The Morgan fingerprint density at radius 3 is 2.43 bits per heavy atom. The monoisotopic (exact) mass is 192 g/mol. The highest BCUT2D eigenvalue weighted by molar-refractivity contribution is 5.95. The number of anilines is 1. The van der Waals surface area contributed by atoms with E-state index in [4.69, 9.17) is 0 Å². The highest BCUT2D eigenvalue weighted by Gasteiger charge is 2.25. The van der Waals surface area contributed by atoms with Crippen LogP contribution in [0.3, 0.4) is 0 Å². The lowest BCUT2D eigenvalue weighted by Gasteiger charge is -2.24. The first-order chi connectivity index (χ1) is 6.43. The number of nitrogens with zero attached hydrogens (tertiary/aromatic N) is 2. The van der Waals surface area contributed by atoms with Gasteiger partial charge in [-0.2, -0.15) is 0 Å². The maximum atomic E-state index is 11.9. The third-order valence-corrected chi connectivity index (χ3v) is 1.94. The van der Waals surface area contributed by atoms with E-state index < -0.39 is 0 Å². The number of rotatable bonds is 1. The first-order valence-corrected chi connectivity index (χ1v) is 4.62. The SMILES string of the molecule is CN(C(=O)C(C)(C)C)c1ccccn1. The van der Waals surface area contributed by atoms with Crippen LogP contribution in [0, 0.1) is 5.41 Å². The Bertz CT molecular complexity index is 314. The molecule has 3 nitrogen and oxygen atoms in total. The first-order valence-electron chi connectivity index (χ1n) is 4.62. The fourth-order valence-corrected chi connectivity index (χ4v) is 1.16. The highest BCUT2D eigenvalue weighted by Crippen LogP contribution is 2.19. The normalized spacial score (nSPS) is 11.1. The lowest BCUT2D eigenvalue weighted by molar-refractivity contribution is -0.125. The topological polar surface area (TPSA) is 33.2 Å². The van der Waals surface area contributed by atoms with Crippen LogP contribution in [-0.2, 0) is 4.79 Å². The Balaban J connectivity index is 2.87. The second kappa shape index (κ2) is 3.78. The van der Waals surface area contributed by atoms with Gasteiger partial charge in [-0.15, -0.1) is 0 Å². The molecule has 1 aromatic heterocycles. The number of amides is 1. The predicted octanol–water partition coefficient (Wildman–Crippen LogP) is 2.09. The summed E-state index contributed by atoms with van der Waals surface area (Å²) in [6.45, 7) is 5.69. The molecule has 76 valence electrons. The van der Waals surface area contributed by atoms with Gasteiger partial charge in [0.15, 0.2) is 0 Å². The molecule has 0 aliphatic heterocycles. The van der Waals surface area contributed by atoms with Crippen LogP contribution < -0.4 is 4.90 Å². The van der Waals surface area contributed by atoms with Gasteiger partial charge in [-0.3, -0.25) is 9.69 Å². The van der Waals surface area contributed by atoms with Crippen molar-refractivity contribution in [3.63, 3.8) is 0 Å². The molecule has 0 bridgehead atoms. The van der Waals surface area contributed by atoms with E-state index >= 15 is 0 Å². The predicted molar refractivity (Wildman–Crippen MR) is 57.1 cm³/mol. The highest BCUT2D eigenvalue weighted by atomic mass is 16.2. The maximum absolute atomic E-state index is 11.9. The fourth-order valence-electron chi connectivity index (χ4n) is 1.16. The van der Waals surface area contributed by atoms with E-state index in [2.05, 4.69) is 4.98 Å². The molecule has 0 saturated carbocycles. The maximum Gasteiger partial charge on any atom is 0.233 e. The molecule has 0 N–H and O–H groups in total. The fraction of sp³-hybridized carbons (Fsp3) is 0.455. The molecule has 0 aromatic carbocycles. The van der Waals surface area contributed by atoms with Crippen molar-refractivity contribution >= 4 is 11.7 Å². The molecular weight excluding hydrogens is 176 g/mol. The Hall–Kier alpha value is -1.38. The molecule has 0 aliphatic carbocycles. The van der Waals surface area contributed by atoms with Gasteiger partial charge in [0.05, 0.1) is 0 Å². The minimum Gasteiger partial charge on any atom is -0.300 e. The molecule has 3 heteroatoms. The van der Waals surface area contributed by atoms with Gasteiger partial charge >= 0.3 is 0 Å². The third kappa shape index (κ3) is 2.31. The molecule has 0 unspecified atom stereocenters. The molecule has 14 heavy (non-hydrogen) atoms. The van der Waals surface area contributed by atoms with Crippen LogP contribution in [0.2, 0.25) is 0 Å². The average Bonchev–Trinajstić information content (AvgIpc) is 2.15. The Kier molecular flexibility index (Phi) is 2.89. The third-order valence-electron chi connectivity index (χ3n) is 1.94. The summed E-state index contributed by atoms with van der Waals surface area (Å²) >= 11 is 0. The van der Waals surface area contributed by atoms with Crippen molar-refractivity contribution in [2.75, 3.05) is 11.9 Å². The van der Waals surface area contributed by atoms with Crippen molar-refractivity contribution in [2.24, 2.45) is 5.41 Å². The molecule has 0 aliphatic rings. The second-order valence-corrected chi connectivity index (χ2v) is 4.30. The number of hydrogen-bond donors (Lipinski definition) is 0. The summed E-state index contributed by atoms with van der Waals surface area (Å²) < 4.78 is 0. The van der Waals surface area contributed by atoms with E-state index in [-0.39, 0.29) is 11.3 Å². The molecule has 0 fully saturated rings. The quantitative estimate of drug-likeness (QED) is 0.682. The Morgan fingerprint density at radius 2 is 2.00 bits per heavy atom. The molecule has 1 heterocycles. The van der Waals surface area contributed by atoms with Crippen LogP contribution >= 0.6 is 0 Å². The molecule has 0 atom stereocenters. The first kappa shape index (κ1) is 10.7. The Morgan fingerprint density at radius 1 is 1.36 bits per heavy atom. The average molecular weight is 192 g/mol. The molecule has 1 amide bonds. The lowest BCUT2D eigenvalue weighted by Crippen LogP contribution is -2.37. The van der Waals surface area contributed by atoms with Crippen LogP contribution in [0.4, 0.5) is 5.82 Å². The van der Waals surface area contributed by atoms with Gasteiger partial charge < -0.3 is 0 Å². The summed E-state index contributed by atoms with van der Waals surface area (Å²) in [6.07, 6.45) is 1.68. The van der Waals surface area contributed by atoms with Crippen LogP contribution in [0.5, 0.6) is 0 Å². The number of aromatic nitrogens is 1. The van der Waals surface area contributed by atoms with Crippen molar-refractivity contribution in [3.05, 3.63) is 24.4 Å². The molecule has 1 aromatic rings. The summed E-state index contributed by atoms with van der Waals surface area (Å²) in [5.74, 6) is 0.753. The summed E-state index contributed by atoms with van der Waals surface area (Å²) in [6, 6.07) is 5.53. The van der Waals surface area contributed by atoms with Crippen molar-refractivity contribution in [1.29, 1.82) is 0 Å². The van der Waals surface area contributed by atoms with E-state index in [9.17, 15) is 4.79 Å². The largest absolute Gasteiger partial charge is 0.300 e. The number of pyridine rings is 1. The minimum absolute atomic E-state index is 0.0659. The zero-order valence-corrected chi connectivity index (χ0v) is 9.11. The van der Waals surface area contributed by atoms with Crippen molar-refractivity contribution in [3.8, 4) is 0 Å². The summed E-state index contributed by atoms with van der Waals surface area (Å²) in [7, 11) is 1.75. The van der Waals surface area contributed by atoms with E-state index in [1.54, 1.807) is 18.1 Å². The zero-order valence-electron chi connectivity index (χ0n) is 9.11. The summed E-state index contributed by atoms with van der Waals surface area (Å²) in [5, 5.41) is 0. The number of carbonyl (C=O) groups excluding carboxylic acids is 1. The van der Waals surface area contributed by atoms with E-state index in [0.717, 1.165) is 0 Å². The molecule has 1 rings (SSSR count). The van der Waals surface area contributed by atoms with Gasteiger partial charge in [-0.05, 0) is 12.1 Å². The van der Waals surface area contributed by atoms with Gasteiger partial charge in [0.2, 0.25) is 5.91 Å². The number of carbonyl (C=O) groups is 1. The van der Waals surface area contributed by atoms with Crippen LogP contribution in [-0.4, -0.2) is 17.9 Å². The second-order valence-electron chi connectivity index (χ2n) is 4.30. The van der Waals surface area contributed by atoms with Crippen LogP contribution in [0.25, 0.3) is 0 Å². The minimum atomic E-state index is -0.369. The Labute approximate surface area is 84.8 Å². The summed E-state index contributed by atoms with van der Waals surface area (Å²) in [4.78, 5) is 17.6. The molecule has 0 saturated heterocycles. The van der Waals surface area contributed by atoms with Gasteiger partial charge in [-0.25, -0.2) is 4.98 Å². The van der Waals surface area contributed by atoms with Gasteiger partial charge in [-0.1, -0.05) is 26.8 Å². The van der Waals surface area contributed by atoms with E-state index in [1.165, 1.54) is 0 Å². The van der Waals surface area contributed by atoms with Gasteiger partial charge in [0.1, 0.15) is 5.82 Å². The van der Waals surface area contributed by atoms with Crippen molar-refractivity contribution in [2.45, 2.75) is 20.8 Å². The standard InChI is InChI=1S/C11H16N2O/c1-11(2,3)10(14)13(4)9-7-5-6-8-12-9/h5-8H,1-4H3. The molecule has 0 spiro atoms. The zero-order chi connectivity index (χ0) is 10.8. The molecule has 0 radical (unpaired) electrons. The van der Waals surface area contributed by atoms with Gasteiger partial charge in [0, 0.05) is 18.7 Å². The van der Waals surface area contributed by atoms with Crippen molar-refractivity contribution < 1.29 is 4.79 Å². The van der Waals surface area contributed by atoms with Crippen LogP contribution in [0.15, 0.2) is 24.4 Å². The summed E-state index contributed by atoms with van der Waals surface area (Å²) in [5.41, 5.74) is -0.369. The van der Waals surface area contributed by atoms with Gasteiger partial charge in [0.25, 0.3) is 0 Å². The van der Waals surface area contributed by atoms with Crippen LogP contribution in [0.1, 0.15) is 20.8 Å². The lowest BCUT2D eigenvalue weighted by atomic mass is 9.95. The van der Waals surface area contributed by atoms with Crippen molar-refractivity contribution in [1.82, 2.24) is 4.98 Å². The van der Waals surface area contributed by atoms with E-state index in [1.807, 2.05) is 39.0 Å². The van der Waals surface area contributed by atoms with E-state index in [0.29, 0.717) is 5.82 Å². The smallest absolute Gasteiger partial charge is 0.233 e. The molecular formula is C11H16N2O. The number of hydrogen-bond acceptors (Lipinski definition) is 2.